The van der Waals surface area contributed by atoms with Crippen LogP contribution in [0.25, 0.3) is 0 Å². The van der Waals surface area contributed by atoms with Crippen LogP contribution >= 0.6 is 0 Å². The molecule has 0 heterocycles. The molecule has 0 radical (unpaired) electrons. The molecule has 0 saturated heterocycles. The lowest BCUT2D eigenvalue weighted by Gasteiger charge is -2.62. The Bertz CT molecular complexity index is 920. The number of carbonyl (C=O) groups excluding carboxylic acids is 2. The van der Waals surface area contributed by atoms with Crippen molar-refractivity contribution in [3.63, 3.8) is 0 Å². The summed E-state index contributed by atoms with van der Waals surface area (Å²) >= 11 is 0. The van der Waals surface area contributed by atoms with Crippen molar-refractivity contribution in [3.05, 3.63) is 70.8 Å². The van der Waals surface area contributed by atoms with E-state index >= 15 is 0 Å². The zero-order valence-electron chi connectivity index (χ0n) is 17.8. The topological polar surface area (TPSA) is 58.2 Å². The average molecular weight is 403 g/mol. The summed E-state index contributed by atoms with van der Waals surface area (Å²) in [4.78, 5) is 26.1. The van der Waals surface area contributed by atoms with Gasteiger partial charge >= 0.3 is 0 Å². The second-order valence-corrected chi connectivity index (χ2v) is 10.2. The standard InChI is InChI=1S/C26H30N2O2/c1-17-5-3-7-21(9-17)23(29)27-25-12-19-11-20(13-25)15-26(14-19,16-25)28-24(30)22-8-4-6-18(2)10-22/h3-10,19-20H,11-16H2,1-2H3,(H,27,29)(H,28,30). The number of hydrogen-bond acceptors (Lipinski definition) is 2. The number of nitrogens with one attached hydrogen (secondary N) is 2. The Kier molecular flexibility index (Phi) is 4.49. The lowest BCUT2D eigenvalue weighted by Crippen LogP contribution is -2.69. The minimum Gasteiger partial charge on any atom is -0.346 e. The third-order valence-corrected chi connectivity index (χ3v) is 7.38. The maximum Gasteiger partial charge on any atom is 0.251 e. The number of rotatable bonds is 4. The second-order valence-electron chi connectivity index (χ2n) is 10.2. The van der Waals surface area contributed by atoms with E-state index in [-0.39, 0.29) is 22.9 Å². The molecule has 4 saturated carbocycles. The third kappa shape index (κ3) is 3.53. The maximum atomic E-state index is 13.1. The molecule has 2 aromatic rings. The summed E-state index contributed by atoms with van der Waals surface area (Å²) in [6.07, 6.45) is 6.19. The van der Waals surface area contributed by atoms with Gasteiger partial charge in [-0.3, -0.25) is 9.59 Å². The molecule has 4 heteroatoms. The van der Waals surface area contributed by atoms with Gasteiger partial charge in [-0.25, -0.2) is 0 Å². The van der Waals surface area contributed by atoms with Crippen molar-refractivity contribution >= 4 is 11.8 Å². The molecule has 30 heavy (non-hydrogen) atoms. The van der Waals surface area contributed by atoms with Gasteiger partial charge in [0.15, 0.2) is 0 Å². The summed E-state index contributed by atoms with van der Waals surface area (Å²) in [6, 6.07) is 15.6. The summed E-state index contributed by atoms with van der Waals surface area (Å²) in [5, 5.41) is 6.85. The van der Waals surface area contributed by atoms with Crippen molar-refractivity contribution in [3.8, 4) is 0 Å². The molecule has 4 bridgehead atoms. The van der Waals surface area contributed by atoms with E-state index in [1.165, 1.54) is 6.42 Å². The largest absolute Gasteiger partial charge is 0.346 e. The first-order valence-electron chi connectivity index (χ1n) is 11.1. The van der Waals surface area contributed by atoms with E-state index in [0.29, 0.717) is 11.8 Å². The van der Waals surface area contributed by atoms with Gasteiger partial charge in [0.1, 0.15) is 0 Å². The van der Waals surface area contributed by atoms with Gasteiger partial charge in [-0.2, -0.15) is 0 Å². The highest BCUT2D eigenvalue weighted by Crippen LogP contribution is 2.57. The van der Waals surface area contributed by atoms with Crippen molar-refractivity contribution in [1.82, 2.24) is 10.6 Å². The van der Waals surface area contributed by atoms with E-state index in [9.17, 15) is 9.59 Å². The number of aryl methyl sites for hydroxylation is 2. The summed E-state index contributed by atoms with van der Waals surface area (Å²) in [6.45, 7) is 4.02. The fraction of sp³-hybridized carbons (Fsp3) is 0.462. The number of carbonyl (C=O) groups is 2. The predicted molar refractivity (Wildman–Crippen MR) is 117 cm³/mol. The average Bonchev–Trinajstić information content (AvgIpc) is 2.66. The van der Waals surface area contributed by atoms with Crippen molar-refractivity contribution < 1.29 is 9.59 Å². The molecule has 6 rings (SSSR count). The Labute approximate surface area is 178 Å². The molecule has 4 aliphatic carbocycles. The molecule has 0 aromatic heterocycles. The first-order chi connectivity index (χ1) is 14.3. The van der Waals surface area contributed by atoms with Crippen molar-refractivity contribution in [1.29, 1.82) is 0 Å². The highest BCUT2D eigenvalue weighted by Gasteiger charge is 2.58. The van der Waals surface area contributed by atoms with Crippen LogP contribution in [0.4, 0.5) is 0 Å². The number of hydrogen-bond donors (Lipinski definition) is 2. The van der Waals surface area contributed by atoms with E-state index in [1.807, 2.05) is 62.4 Å². The van der Waals surface area contributed by atoms with Crippen LogP contribution in [-0.4, -0.2) is 22.9 Å². The molecule has 4 nitrogen and oxygen atoms in total. The van der Waals surface area contributed by atoms with E-state index in [1.54, 1.807) is 0 Å². The van der Waals surface area contributed by atoms with Gasteiger partial charge < -0.3 is 10.6 Å². The summed E-state index contributed by atoms with van der Waals surface area (Å²) in [5.41, 5.74) is 3.23. The molecular weight excluding hydrogens is 372 g/mol. The van der Waals surface area contributed by atoms with Crippen LogP contribution in [0.3, 0.4) is 0 Å². The maximum absolute atomic E-state index is 13.1. The molecule has 156 valence electrons. The van der Waals surface area contributed by atoms with E-state index in [2.05, 4.69) is 10.6 Å². The second kappa shape index (κ2) is 6.97. The SMILES string of the molecule is Cc1cccc(C(=O)NC23CC4CC(C2)CC(NC(=O)c2cccc(C)c2)(C4)C3)c1. The smallest absolute Gasteiger partial charge is 0.251 e. The Morgan fingerprint density at radius 3 is 1.60 bits per heavy atom. The zero-order valence-corrected chi connectivity index (χ0v) is 17.8. The molecule has 0 atom stereocenters. The van der Waals surface area contributed by atoms with Crippen LogP contribution in [0, 0.1) is 25.7 Å². The molecule has 2 N–H and O–H groups in total. The molecule has 2 aromatic carbocycles. The van der Waals surface area contributed by atoms with Crippen molar-refractivity contribution in [2.45, 2.75) is 63.5 Å². The van der Waals surface area contributed by atoms with Gasteiger partial charge in [-0.1, -0.05) is 35.4 Å². The Balaban J connectivity index is 1.38. The highest BCUT2D eigenvalue weighted by molar-refractivity contribution is 5.95. The molecule has 0 spiro atoms. The summed E-state index contributed by atoms with van der Waals surface area (Å²) < 4.78 is 0. The summed E-state index contributed by atoms with van der Waals surface area (Å²) in [5.74, 6) is 1.17. The van der Waals surface area contributed by atoms with E-state index in [4.69, 9.17) is 0 Å². The minimum atomic E-state index is -0.204. The van der Waals surface area contributed by atoms with Gasteiger partial charge in [-0.05, 0) is 88.5 Å². The van der Waals surface area contributed by atoms with Crippen LogP contribution in [0.15, 0.2) is 48.5 Å². The molecule has 0 unspecified atom stereocenters. The molecule has 4 fully saturated rings. The van der Waals surface area contributed by atoms with Crippen LogP contribution in [0.2, 0.25) is 0 Å². The van der Waals surface area contributed by atoms with Gasteiger partial charge in [-0.15, -0.1) is 0 Å². The van der Waals surface area contributed by atoms with Crippen LogP contribution < -0.4 is 10.6 Å². The lowest BCUT2D eigenvalue weighted by molar-refractivity contribution is -0.0448. The lowest BCUT2D eigenvalue weighted by atomic mass is 9.49. The van der Waals surface area contributed by atoms with Gasteiger partial charge in [0.2, 0.25) is 0 Å². The van der Waals surface area contributed by atoms with Crippen molar-refractivity contribution in [2.24, 2.45) is 11.8 Å². The normalized spacial score (nSPS) is 31.4. The van der Waals surface area contributed by atoms with Gasteiger partial charge in [0, 0.05) is 22.2 Å². The molecule has 0 aliphatic heterocycles. The molecule has 4 aliphatic rings. The number of benzene rings is 2. The fourth-order valence-corrected chi connectivity index (χ4v) is 6.75. The Morgan fingerprint density at radius 1 is 0.767 bits per heavy atom. The fourth-order valence-electron chi connectivity index (χ4n) is 6.75. The zero-order chi connectivity index (χ0) is 20.9. The van der Waals surface area contributed by atoms with E-state index in [0.717, 1.165) is 54.4 Å². The first-order valence-corrected chi connectivity index (χ1v) is 11.1. The summed E-state index contributed by atoms with van der Waals surface area (Å²) in [7, 11) is 0. The highest BCUT2D eigenvalue weighted by atomic mass is 16.2. The van der Waals surface area contributed by atoms with Crippen LogP contribution in [0.1, 0.15) is 70.4 Å². The first kappa shape index (κ1) is 19.3. The van der Waals surface area contributed by atoms with Crippen molar-refractivity contribution in [2.75, 3.05) is 0 Å². The Hall–Kier alpha value is -2.62. The minimum absolute atomic E-state index is 0.0146. The Morgan fingerprint density at radius 2 is 1.20 bits per heavy atom. The molecular formula is C26H30N2O2. The number of amides is 2. The van der Waals surface area contributed by atoms with Gasteiger partial charge in [0.25, 0.3) is 11.8 Å². The third-order valence-electron chi connectivity index (χ3n) is 7.38. The van der Waals surface area contributed by atoms with Crippen LogP contribution in [-0.2, 0) is 0 Å². The van der Waals surface area contributed by atoms with E-state index < -0.39 is 0 Å². The van der Waals surface area contributed by atoms with Gasteiger partial charge in [0.05, 0.1) is 0 Å². The monoisotopic (exact) mass is 402 g/mol. The predicted octanol–water partition coefficient (Wildman–Crippen LogP) is 4.55. The quantitative estimate of drug-likeness (QED) is 0.788. The van der Waals surface area contributed by atoms with Crippen LogP contribution in [0.5, 0.6) is 0 Å². The molecule has 2 amide bonds.